The Morgan fingerprint density at radius 1 is 1.13 bits per heavy atom. The monoisotopic (exact) mass is 559 g/mol. The Morgan fingerprint density at radius 2 is 1.85 bits per heavy atom. The number of ether oxygens (including phenoxy) is 2. The molecule has 2 N–H and O–H groups in total. The molecule has 2 aromatic carbocycles. The van der Waals surface area contributed by atoms with Gasteiger partial charge in [0.1, 0.15) is 28.5 Å². The van der Waals surface area contributed by atoms with E-state index in [1.165, 1.54) is 25.3 Å². The van der Waals surface area contributed by atoms with Crippen molar-refractivity contribution in [2.24, 2.45) is 0 Å². The standard InChI is InChI=1S/C27H28ClF2N5O4/c1-27(2,3)39-26(37)35-10-8-34(9-11-35)23-14-12-16(28)19(20-17(29)6-5-7-18(20)38-4)21(30)22(14)32-24-15(23)13-31-25(36)33-24/h5-7,12H,8-11,13H2,1-4H3,(H2,31,32,33,36). The minimum atomic E-state index is -0.842. The van der Waals surface area contributed by atoms with Crippen LogP contribution in [0.1, 0.15) is 26.3 Å². The van der Waals surface area contributed by atoms with Crippen LogP contribution in [0, 0.1) is 11.6 Å². The minimum Gasteiger partial charge on any atom is -0.496 e. The van der Waals surface area contributed by atoms with Crippen molar-refractivity contribution >= 4 is 46.1 Å². The maximum Gasteiger partial charge on any atom is 0.410 e. The maximum absolute atomic E-state index is 16.3. The zero-order chi connectivity index (χ0) is 28.1. The number of benzene rings is 2. The first-order chi connectivity index (χ1) is 18.5. The summed E-state index contributed by atoms with van der Waals surface area (Å²) in [7, 11) is 1.36. The zero-order valence-electron chi connectivity index (χ0n) is 22.0. The summed E-state index contributed by atoms with van der Waals surface area (Å²) in [6, 6.07) is 5.25. The molecule has 39 heavy (non-hydrogen) atoms. The van der Waals surface area contributed by atoms with Crippen molar-refractivity contribution < 1.29 is 27.8 Å². The Kier molecular flexibility index (Phi) is 6.88. The van der Waals surface area contributed by atoms with Crippen LogP contribution in [0.15, 0.2) is 24.3 Å². The molecular formula is C27H28ClF2N5O4. The number of nitrogens with one attached hydrogen (secondary N) is 2. The number of nitrogens with zero attached hydrogens (tertiary/aromatic N) is 3. The van der Waals surface area contributed by atoms with Crippen LogP contribution in [0.5, 0.6) is 5.75 Å². The number of hydrogen-bond donors (Lipinski definition) is 2. The molecule has 2 aliphatic heterocycles. The van der Waals surface area contributed by atoms with Crippen LogP contribution in [-0.4, -0.2) is 60.9 Å². The van der Waals surface area contributed by atoms with Gasteiger partial charge in [0.25, 0.3) is 0 Å². The summed E-state index contributed by atoms with van der Waals surface area (Å²) in [4.78, 5) is 32.8. The number of anilines is 2. The zero-order valence-corrected chi connectivity index (χ0v) is 22.7. The van der Waals surface area contributed by atoms with Gasteiger partial charge in [-0.15, -0.1) is 0 Å². The number of fused-ring (bicyclic) bond motifs is 2. The molecule has 1 fully saturated rings. The van der Waals surface area contributed by atoms with E-state index < -0.39 is 29.4 Å². The fourth-order valence-electron chi connectivity index (χ4n) is 4.89. The molecule has 0 radical (unpaired) electrons. The summed E-state index contributed by atoms with van der Waals surface area (Å²) in [5.41, 5.74) is 0.268. The Morgan fingerprint density at radius 3 is 2.51 bits per heavy atom. The Labute approximate surface area is 229 Å². The summed E-state index contributed by atoms with van der Waals surface area (Å²) in [5, 5.41) is 5.76. The molecule has 0 spiro atoms. The van der Waals surface area contributed by atoms with Crippen molar-refractivity contribution in [3.8, 4) is 16.9 Å². The second kappa shape index (κ2) is 10.0. The summed E-state index contributed by atoms with van der Waals surface area (Å²) in [6.45, 7) is 7.15. The Balaban J connectivity index is 1.63. The molecule has 3 aromatic rings. The Bertz CT molecular complexity index is 1490. The van der Waals surface area contributed by atoms with E-state index >= 15 is 4.39 Å². The third kappa shape index (κ3) is 4.98. The highest BCUT2D eigenvalue weighted by atomic mass is 35.5. The number of hydrogen-bond acceptors (Lipinski definition) is 6. The fraction of sp³-hybridized carbons (Fsp3) is 0.370. The number of piperazine rings is 1. The number of pyridine rings is 1. The predicted molar refractivity (Wildman–Crippen MR) is 145 cm³/mol. The van der Waals surface area contributed by atoms with Gasteiger partial charge in [0.15, 0.2) is 5.82 Å². The van der Waals surface area contributed by atoms with Gasteiger partial charge in [-0.1, -0.05) is 17.7 Å². The second-order valence-corrected chi connectivity index (χ2v) is 10.7. The molecule has 3 amide bonds. The van der Waals surface area contributed by atoms with Gasteiger partial charge in [-0.25, -0.2) is 23.4 Å². The molecule has 0 atom stereocenters. The van der Waals surface area contributed by atoms with E-state index in [0.717, 1.165) is 0 Å². The number of methoxy groups -OCH3 is 1. The van der Waals surface area contributed by atoms with E-state index in [2.05, 4.69) is 15.6 Å². The number of carbonyl (C=O) groups excluding carboxylic acids is 2. The topological polar surface area (TPSA) is 96.0 Å². The third-order valence-electron chi connectivity index (χ3n) is 6.59. The summed E-state index contributed by atoms with van der Waals surface area (Å²) < 4.78 is 42.0. The molecule has 0 aliphatic carbocycles. The number of halogens is 3. The highest BCUT2D eigenvalue weighted by Crippen LogP contribution is 2.45. The molecular weight excluding hydrogens is 532 g/mol. The molecule has 0 unspecified atom stereocenters. The fourth-order valence-corrected chi connectivity index (χ4v) is 5.18. The van der Waals surface area contributed by atoms with Crippen LogP contribution >= 0.6 is 11.6 Å². The van der Waals surface area contributed by atoms with E-state index in [-0.39, 0.29) is 39.8 Å². The average molecular weight is 560 g/mol. The molecule has 12 heteroatoms. The van der Waals surface area contributed by atoms with Gasteiger partial charge in [0, 0.05) is 42.7 Å². The molecule has 206 valence electrons. The van der Waals surface area contributed by atoms with Crippen molar-refractivity contribution in [3.05, 3.63) is 46.5 Å². The van der Waals surface area contributed by atoms with Crippen LogP contribution in [0.2, 0.25) is 5.02 Å². The predicted octanol–water partition coefficient (Wildman–Crippen LogP) is 5.53. The number of carbonyl (C=O) groups is 2. The summed E-state index contributed by atoms with van der Waals surface area (Å²) in [6.07, 6.45) is -0.407. The highest BCUT2D eigenvalue weighted by molar-refractivity contribution is 6.34. The lowest BCUT2D eigenvalue weighted by Gasteiger charge is -2.38. The van der Waals surface area contributed by atoms with Gasteiger partial charge in [0.05, 0.1) is 29.9 Å². The summed E-state index contributed by atoms with van der Waals surface area (Å²) in [5.74, 6) is -1.24. The lowest BCUT2D eigenvalue weighted by atomic mass is 9.98. The van der Waals surface area contributed by atoms with E-state index in [9.17, 15) is 14.0 Å². The molecule has 9 nitrogen and oxygen atoms in total. The van der Waals surface area contributed by atoms with Gasteiger partial charge in [-0.2, -0.15) is 0 Å². The van der Waals surface area contributed by atoms with E-state index in [1.54, 1.807) is 31.7 Å². The molecule has 0 saturated carbocycles. The van der Waals surface area contributed by atoms with Crippen LogP contribution in [0.25, 0.3) is 22.0 Å². The van der Waals surface area contributed by atoms with Crippen molar-refractivity contribution in [1.82, 2.24) is 15.2 Å². The number of aromatic nitrogens is 1. The third-order valence-corrected chi connectivity index (χ3v) is 6.89. The lowest BCUT2D eigenvalue weighted by molar-refractivity contribution is 0.0240. The molecule has 5 rings (SSSR count). The quantitative estimate of drug-likeness (QED) is 0.438. The molecule has 2 aliphatic rings. The maximum atomic E-state index is 16.3. The number of urea groups is 1. The highest BCUT2D eigenvalue weighted by Gasteiger charge is 2.32. The molecule has 1 aromatic heterocycles. The number of amides is 3. The van der Waals surface area contributed by atoms with Gasteiger partial charge in [-0.05, 0) is 39.0 Å². The van der Waals surface area contributed by atoms with E-state index in [1.807, 2.05) is 4.90 Å². The molecule has 0 bridgehead atoms. The van der Waals surface area contributed by atoms with Crippen molar-refractivity contribution in [2.75, 3.05) is 43.5 Å². The van der Waals surface area contributed by atoms with Crippen molar-refractivity contribution in [3.63, 3.8) is 0 Å². The minimum absolute atomic E-state index is 0.0217. The average Bonchev–Trinajstić information content (AvgIpc) is 2.87. The van der Waals surface area contributed by atoms with E-state index in [4.69, 9.17) is 21.1 Å². The van der Waals surface area contributed by atoms with Gasteiger partial charge < -0.3 is 24.6 Å². The van der Waals surface area contributed by atoms with Gasteiger partial charge in [-0.3, -0.25) is 5.32 Å². The second-order valence-electron chi connectivity index (χ2n) is 10.3. The van der Waals surface area contributed by atoms with Crippen LogP contribution in [0.4, 0.5) is 29.9 Å². The van der Waals surface area contributed by atoms with Crippen LogP contribution in [0.3, 0.4) is 0 Å². The normalized spacial score (nSPS) is 15.5. The van der Waals surface area contributed by atoms with Gasteiger partial charge in [0.2, 0.25) is 0 Å². The summed E-state index contributed by atoms with van der Waals surface area (Å²) >= 11 is 6.62. The van der Waals surface area contributed by atoms with E-state index in [0.29, 0.717) is 42.8 Å². The van der Waals surface area contributed by atoms with Gasteiger partial charge >= 0.3 is 12.1 Å². The first-order valence-electron chi connectivity index (χ1n) is 12.4. The first-order valence-corrected chi connectivity index (χ1v) is 12.8. The molecule has 3 heterocycles. The van der Waals surface area contributed by atoms with Crippen molar-refractivity contribution in [1.29, 1.82) is 0 Å². The Hall–Kier alpha value is -3.86. The van der Waals surface area contributed by atoms with Crippen LogP contribution in [-0.2, 0) is 11.3 Å². The first kappa shape index (κ1) is 26.7. The largest absolute Gasteiger partial charge is 0.496 e. The number of rotatable bonds is 3. The lowest BCUT2D eigenvalue weighted by Crippen LogP contribution is -2.50. The van der Waals surface area contributed by atoms with Crippen molar-refractivity contribution in [2.45, 2.75) is 32.9 Å². The SMILES string of the molecule is COc1cccc(F)c1-c1c(Cl)cc2c(N3CCN(C(=O)OC(C)(C)C)CC3)c3c(nc2c1F)NC(=O)NC3. The van der Waals surface area contributed by atoms with Crippen LogP contribution < -0.4 is 20.3 Å². The molecule has 1 saturated heterocycles. The smallest absolute Gasteiger partial charge is 0.410 e.